The second kappa shape index (κ2) is 9.03. The topological polar surface area (TPSA) is 56.5 Å². The maximum atomic E-state index is 5.06. The van der Waals surface area contributed by atoms with Gasteiger partial charge in [0.15, 0.2) is 5.82 Å². The molecule has 0 N–H and O–H groups in total. The van der Waals surface area contributed by atoms with E-state index in [4.69, 9.17) is 9.97 Å². The molecule has 0 unspecified atom stereocenters. The van der Waals surface area contributed by atoms with Crippen LogP contribution in [0.3, 0.4) is 0 Å². The summed E-state index contributed by atoms with van der Waals surface area (Å²) in [7, 11) is 0. The van der Waals surface area contributed by atoms with Crippen LogP contribution in [-0.4, -0.2) is 24.5 Å². The van der Waals surface area contributed by atoms with Gasteiger partial charge in [-0.2, -0.15) is 0 Å². The SMILES string of the molecule is c1ccc(-c2nc(-c3ccc(-n4c5ccccc5c5c6c(ccc54)sc4cncnc46)cc3)nc3ccccc23)cc1. The minimum atomic E-state index is 0.715. The predicted octanol–water partition coefficient (Wildman–Crippen LogP) is 9.22. The van der Waals surface area contributed by atoms with E-state index in [2.05, 4.69) is 99.5 Å². The van der Waals surface area contributed by atoms with Crippen LogP contribution in [0.5, 0.6) is 0 Å². The van der Waals surface area contributed by atoms with Crippen molar-refractivity contribution in [2.75, 3.05) is 0 Å². The van der Waals surface area contributed by atoms with Crippen molar-refractivity contribution >= 4 is 64.3 Å². The van der Waals surface area contributed by atoms with Crippen LogP contribution in [0.2, 0.25) is 0 Å². The molecule has 5 nitrogen and oxygen atoms in total. The number of fused-ring (bicyclic) bond motifs is 8. The molecule has 4 heterocycles. The van der Waals surface area contributed by atoms with Gasteiger partial charge in [0.05, 0.1) is 32.5 Å². The van der Waals surface area contributed by atoms with Gasteiger partial charge in [-0.1, -0.05) is 66.7 Å². The largest absolute Gasteiger partial charge is 0.309 e. The van der Waals surface area contributed by atoms with E-state index in [1.54, 1.807) is 17.7 Å². The monoisotopic (exact) mass is 555 g/mol. The lowest BCUT2D eigenvalue weighted by Crippen LogP contribution is -1.97. The zero-order valence-electron chi connectivity index (χ0n) is 22.3. The van der Waals surface area contributed by atoms with E-state index in [0.717, 1.165) is 54.7 Å². The average Bonchev–Trinajstić information content (AvgIpc) is 3.60. The highest BCUT2D eigenvalue weighted by atomic mass is 32.1. The average molecular weight is 556 g/mol. The third-order valence-electron chi connectivity index (χ3n) is 7.97. The van der Waals surface area contributed by atoms with Crippen LogP contribution in [0, 0.1) is 0 Å². The van der Waals surface area contributed by atoms with Gasteiger partial charge in [-0.25, -0.2) is 19.9 Å². The van der Waals surface area contributed by atoms with Gasteiger partial charge in [-0.3, -0.25) is 0 Å². The fourth-order valence-corrected chi connectivity index (χ4v) is 7.16. The first-order valence-electron chi connectivity index (χ1n) is 13.8. The number of benzene rings is 5. The summed E-state index contributed by atoms with van der Waals surface area (Å²) in [5.41, 5.74) is 8.35. The van der Waals surface area contributed by atoms with E-state index < -0.39 is 0 Å². The van der Waals surface area contributed by atoms with Crippen LogP contribution in [0.1, 0.15) is 0 Å². The number of para-hydroxylation sites is 2. The highest BCUT2D eigenvalue weighted by Crippen LogP contribution is 2.42. The van der Waals surface area contributed by atoms with Crippen LogP contribution < -0.4 is 0 Å². The zero-order valence-corrected chi connectivity index (χ0v) is 23.1. The molecule has 0 aliphatic heterocycles. The Morgan fingerprint density at radius 2 is 1.36 bits per heavy atom. The van der Waals surface area contributed by atoms with Crippen molar-refractivity contribution in [2.24, 2.45) is 0 Å². The molecule has 0 saturated carbocycles. The quantitative estimate of drug-likeness (QED) is 0.218. The molecule has 0 bridgehead atoms. The Morgan fingerprint density at radius 1 is 0.571 bits per heavy atom. The summed E-state index contributed by atoms with van der Waals surface area (Å²) in [6.07, 6.45) is 3.55. The number of hydrogen-bond donors (Lipinski definition) is 0. The molecule has 0 amide bonds. The van der Waals surface area contributed by atoms with Crippen LogP contribution in [-0.2, 0) is 0 Å². The second-order valence-electron chi connectivity index (χ2n) is 10.3. The summed E-state index contributed by atoms with van der Waals surface area (Å²) in [4.78, 5) is 19.0. The van der Waals surface area contributed by atoms with E-state index >= 15 is 0 Å². The lowest BCUT2D eigenvalue weighted by Gasteiger charge is -2.11. The third-order valence-corrected chi connectivity index (χ3v) is 9.05. The Hall–Kier alpha value is -5.46. The Labute approximate surface area is 244 Å². The molecule has 9 rings (SSSR count). The Morgan fingerprint density at radius 3 is 2.24 bits per heavy atom. The summed E-state index contributed by atoms with van der Waals surface area (Å²) in [6.45, 7) is 0. The fourth-order valence-electron chi connectivity index (χ4n) is 6.12. The molecular formula is C36H21N5S. The van der Waals surface area contributed by atoms with Crippen molar-refractivity contribution < 1.29 is 0 Å². The smallest absolute Gasteiger partial charge is 0.160 e. The highest BCUT2D eigenvalue weighted by Gasteiger charge is 2.18. The van der Waals surface area contributed by atoms with Crippen LogP contribution in [0.25, 0.3) is 81.3 Å². The standard InChI is InChI=1S/C36H21N5S/c1-2-8-22(9-3-1)34-25-10-4-6-12-27(25)39-36(40-34)23-14-16-24(17-15-23)41-28-13-7-5-11-26(28)32-29(41)18-19-30-33(32)35-31(42-30)20-37-21-38-35/h1-21H. The maximum Gasteiger partial charge on any atom is 0.160 e. The molecule has 42 heavy (non-hydrogen) atoms. The molecule has 0 saturated heterocycles. The normalized spacial score (nSPS) is 11.8. The summed E-state index contributed by atoms with van der Waals surface area (Å²) in [5.74, 6) is 0.715. The molecule has 9 aromatic rings. The van der Waals surface area contributed by atoms with E-state index in [1.165, 1.54) is 20.9 Å². The molecule has 196 valence electrons. The van der Waals surface area contributed by atoms with Crippen molar-refractivity contribution in [1.82, 2.24) is 24.5 Å². The first-order valence-corrected chi connectivity index (χ1v) is 14.6. The van der Waals surface area contributed by atoms with Gasteiger partial charge in [-0.05, 0) is 48.5 Å². The number of rotatable bonds is 3. The molecule has 0 fully saturated rings. The highest BCUT2D eigenvalue weighted by molar-refractivity contribution is 7.25. The van der Waals surface area contributed by atoms with Gasteiger partial charge in [0, 0.05) is 49.3 Å². The zero-order chi connectivity index (χ0) is 27.6. The van der Waals surface area contributed by atoms with E-state index in [0.29, 0.717) is 5.82 Å². The summed E-state index contributed by atoms with van der Waals surface area (Å²) < 4.78 is 4.67. The Kier molecular flexibility index (Phi) is 5.00. The minimum absolute atomic E-state index is 0.715. The molecule has 5 aromatic carbocycles. The van der Waals surface area contributed by atoms with Crippen molar-refractivity contribution in [1.29, 1.82) is 0 Å². The molecule has 6 heteroatoms. The molecule has 0 spiro atoms. The predicted molar refractivity (Wildman–Crippen MR) is 173 cm³/mol. The van der Waals surface area contributed by atoms with Gasteiger partial charge in [0.25, 0.3) is 0 Å². The molecular weight excluding hydrogens is 534 g/mol. The van der Waals surface area contributed by atoms with Gasteiger partial charge < -0.3 is 4.57 Å². The molecule has 0 aliphatic rings. The second-order valence-corrected chi connectivity index (χ2v) is 11.4. The van der Waals surface area contributed by atoms with Gasteiger partial charge in [-0.15, -0.1) is 11.3 Å². The first-order chi connectivity index (χ1) is 20.8. The van der Waals surface area contributed by atoms with Crippen molar-refractivity contribution in [3.05, 3.63) is 128 Å². The third kappa shape index (κ3) is 3.42. The number of hydrogen-bond acceptors (Lipinski definition) is 5. The van der Waals surface area contributed by atoms with E-state index in [1.807, 2.05) is 36.5 Å². The fraction of sp³-hybridized carbons (Fsp3) is 0. The molecule has 0 radical (unpaired) electrons. The molecule has 4 aromatic heterocycles. The van der Waals surface area contributed by atoms with Gasteiger partial charge in [0.2, 0.25) is 0 Å². The van der Waals surface area contributed by atoms with E-state index in [-0.39, 0.29) is 0 Å². The van der Waals surface area contributed by atoms with Crippen LogP contribution >= 0.6 is 11.3 Å². The number of thiophene rings is 1. The summed E-state index contributed by atoms with van der Waals surface area (Å²) >= 11 is 1.74. The Balaban J connectivity index is 1.24. The van der Waals surface area contributed by atoms with Gasteiger partial charge >= 0.3 is 0 Å². The van der Waals surface area contributed by atoms with Crippen LogP contribution in [0.15, 0.2) is 128 Å². The van der Waals surface area contributed by atoms with Crippen molar-refractivity contribution in [2.45, 2.75) is 0 Å². The van der Waals surface area contributed by atoms with E-state index in [9.17, 15) is 0 Å². The summed E-state index contributed by atoms with van der Waals surface area (Å²) in [6, 6.07) is 40.2. The van der Waals surface area contributed by atoms with Gasteiger partial charge in [0.1, 0.15) is 6.33 Å². The minimum Gasteiger partial charge on any atom is -0.309 e. The molecule has 0 aliphatic carbocycles. The number of aromatic nitrogens is 5. The lowest BCUT2D eigenvalue weighted by atomic mass is 10.1. The summed E-state index contributed by atoms with van der Waals surface area (Å²) in [5, 5.41) is 4.68. The maximum absolute atomic E-state index is 5.06. The number of nitrogens with zero attached hydrogens (tertiary/aromatic N) is 5. The van der Waals surface area contributed by atoms with Crippen molar-refractivity contribution in [3.8, 4) is 28.3 Å². The van der Waals surface area contributed by atoms with Crippen LogP contribution in [0.4, 0.5) is 0 Å². The van der Waals surface area contributed by atoms with Crippen molar-refractivity contribution in [3.63, 3.8) is 0 Å². The first kappa shape index (κ1) is 23.3. The Bertz CT molecular complexity index is 2460. The lowest BCUT2D eigenvalue weighted by molar-refractivity contribution is 1.17. The molecule has 0 atom stereocenters.